The Morgan fingerprint density at radius 2 is 2.29 bits per heavy atom. The predicted octanol–water partition coefficient (Wildman–Crippen LogP) is 1.77. The van der Waals surface area contributed by atoms with E-state index in [9.17, 15) is 8.78 Å². The average molecular weight is 220 g/mol. The zero-order chi connectivity index (χ0) is 10.6. The molecule has 0 spiro atoms. The molecular weight excluding hydrogens is 206 g/mol. The molecule has 1 aromatic heterocycles. The quantitative estimate of drug-likeness (QED) is 0.819. The summed E-state index contributed by atoms with van der Waals surface area (Å²) < 4.78 is 25.7. The van der Waals surface area contributed by atoms with Crippen LogP contribution in [0.1, 0.15) is 5.56 Å². The number of alkyl halides is 2. The molecule has 14 heavy (non-hydrogen) atoms. The highest BCUT2D eigenvalue weighted by Crippen LogP contribution is 2.15. The molecule has 0 radical (unpaired) electrons. The summed E-state index contributed by atoms with van der Waals surface area (Å²) in [4.78, 5) is 1.58. The minimum absolute atomic E-state index is 0.292. The van der Waals surface area contributed by atoms with Crippen molar-refractivity contribution in [2.45, 2.75) is 12.5 Å². The van der Waals surface area contributed by atoms with Crippen LogP contribution >= 0.6 is 11.3 Å². The highest BCUT2D eigenvalue weighted by molar-refractivity contribution is 7.07. The van der Waals surface area contributed by atoms with Gasteiger partial charge in [-0.05, 0) is 29.4 Å². The number of thiophene rings is 1. The summed E-state index contributed by atoms with van der Waals surface area (Å²) in [5.41, 5.74) is 6.01. The maximum atomic E-state index is 12.9. The summed E-state index contributed by atoms with van der Waals surface area (Å²) >= 11 is 1.57. The van der Waals surface area contributed by atoms with Crippen molar-refractivity contribution in [1.29, 1.82) is 0 Å². The Bertz CT molecular complexity index is 262. The van der Waals surface area contributed by atoms with Gasteiger partial charge in [0.15, 0.2) is 0 Å². The molecule has 0 saturated carbocycles. The largest absolute Gasteiger partial charge is 0.325 e. The molecule has 1 aromatic rings. The van der Waals surface area contributed by atoms with Crippen LogP contribution in [0.25, 0.3) is 0 Å². The van der Waals surface area contributed by atoms with E-state index in [1.54, 1.807) is 23.3 Å². The summed E-state index contributed by atoms with van der Waals surface area (Å²) in [6.07, 6.45) is 0. The van der Waals surface area contributed by atoms with Crippen molar-refractivity contribution < 1.29 is 8.78 Å². The molecule has 0 aliphatic carbocycles. The van der Waals surface area contributed by atoms with Crippen molar-refractivity contribution in [3.63, 3.8) is 0 Å². The van der Waals surface area contributed by atoms with E-state index in [0.29, 0.717) is 6.54 Å². The van der Waals surface area contributed by atoms with Crippen LogP contribution in [-0.2, 0) is 6.54 Å². The molecule has 0 aliphatic heterocycles. The van der Waals surface area contributed by atoms with E-state index in [2.05, 4.69) is 0 Å². The predicted molar refractivity (Wildman–Crippen MR) is 54.7 cm³/mol. The number of hydrogen-bond donors (Lipinski definition) is 1. The summed E-state index contributed by atoms with van der Waals surface area (Å²) in [5, 5.41) is 3.89. The number of rotatable bonds is 5. The molecule has 80 valence electrons. The van der Waals surface area contributed by atoms with Gasteiger partial charge in [0.25, 0.3) is 5.92 Å². The van der Waals surface area contributed by atoms with Crippen LogP contribution in [0.2, 0.25) is 0 Å². The van der Waals surface area contributed by atoms with E-state index in [4.69, 9.17) is 5.73 Å². The fourth-order valence-electron chi connectivity index (χ4n) is 1.21. The van der Waals surface area contributed by atoms with Crippen molar-refractivity contribution >= 4 is 11.3 Å². The van der Waals surface area contributed by atoms with Gasteiger partial charge in [0.2, 0.25) is 0 Å². The lowest BCUT2D eigenvalue weighted by atomic mass is 10.3. The standard InChI is InChI=1S/C9H14F2N2S/c1-13(7-9(10,11)6-12)4-8-2-3-14-5-8/h2-3,5H,4,6-7,12H2,1H3. The molecule has 0 saturated heterocycles. The second kappa shape index (κ2) is 4.82. The fourth-order valence-corrected chi connectivity index (χ4v) is 1.87. The molecular formula is C9H14F2N2S. The Morgan fingerprint density at radius 3 is 2.79 bits per heavy atom. The van der Waals surface area contributed by atoms with Crippen LogP contribution in [0.3, 0.4) is 0 Å². The van der Waals surface area contributed by atoms with E-state index in [1.165, 1.54) is 0 Å². The van der Waals surface area contributed by atoms with Gasteiger partial charge in [-0.15, -0.1) is 0 Å². The minimum Gasteiger partial charge on any atom is -0.325 e. The Labute approximate surface area is 86.3 Å². The monoisotopic (exact) mass is 220 g/mol. The lowest BCUT2D eigenvalue weighted by Crippen LogP contribution is -2.39. The molecule has 1 rings (SSSR count). The van der Waals surface area contributed by atoms with E-state index < -0.39 is 12.5 Å². The molecule has 0 amide bonds. The topological polar surface area (TPSA) is 29.3 Å². The van der Waals surface area contributed by atoms with Gasteiger partial charge in [0, 0.05) is 6.54 Å². The van der Waals surface area contributed by atoms with Crippen LogP contribution in [0.4, 0.5) is 8.78 Å². The summed E-state index contributed by atoms with van der Waals surface area (Å²) in [5.74, 6) is -2.79. The minimum atomic E-state index is -2.79. The second-order valence-electron chi connectivity index (χ2n) is 3.36. The van der Waals surface area contributed by atoms with Crippen LogP contribution in [-0.4, -0.2) is 31.0 Å². The molecule has 0 bridgehead atoms. The first-order chi connectivity index (χ1) is 6.53. The van der Waals surface area contributed by atoms with Crippen molar-refractivity contribution in [2.75, 3.05) is 20.1 Å². The van der Waals surface area contributed by atoms with Gasteiger partial charge in [-0.2, -0.15) is 11.3 Å². The normalized spacial score (nSPS) is 12.4. The molecule has 1 heterocycles. The first-order valence-electron chi connectivity index (χ1n) is 4.31. The van der Waals surface area contributed by atoms with Gasteiger partial charge in [0.05, 0.1) is 13.1 Å². The van der Waals surface area contributed by atoms with Crippen molar-refractivity contribution in [2.24, 2.45) is 5.73 Å². The summed E-state index contributed by atoms with van der Waals surface area (Å²) in [6.45, 7) is -0.348. The first-order valence-corrected chi connectivity index (χ1v) is 5.25. The molecule has 2 nitrogen and oxygen atoms in total. The van der Waals surface area contributed by atoms with Crippen LogP contribution in [0, 0.1) is 0 Å². The van der Waals surface area contributed by atoms with E-state index >= 15 is 0 Å². The van der Waals surface area contributed by atoms with Gasteiger partial charge >= 0.3 is 0 Å². The number of nitrogens with two attached hydrogens (primary N) is 1. The molecule has 0 aromatic carbocycles. The zero-order valence-corrected chi connectivity index (χ0v) is 8.86. The van der Waals surface area contributed by atoms with Gasteiger partial charge in [-0.1, -0.05) is 0 Å². The van der Waals surface area contributed by atoms with Crippen LogP contribution < -0.4 is 5.73 Å². The highest BCUT2D eigenvalue weighted by Gasteiger charge is 2.28. The third kappa shape index (κ3) is 3.69. The SMILES string of the molecule is CN(Cc1ccsc1)CC(F)(F)CN. The average Bonchev–Trinajstić information content (AvgIpc) is 2.55. The Balaban J connectivity index is 2.40. The van der Waals surface area contributed by atoms with Gasteiger partial charge in [0.1, 0.15) is 0 Å². The molecule has 5 heteroatoms. The number of hydrogen-bond acceptors (Lipinski definition) is 3. The Morgan fingerprint density at radius 1 is 1.57 bits per heavy atom. The van der Waals surface area contributed by atoms with Crippen molar-refractivity contribution in [1.82, 2.24) is 4.90 Å². The summed E-state index contributed by atoms with van der Waals surface area (Å²) in [6, 6.07) is 1.93. The van der Waals surface area contributed by atoms with Gasteiger partial charge < -0.3 is 5.73 Å². The molecule has 0 fully saturated rings. The fraction of sp³-hybridized carbons (Fsp3) is 0.556. The zero-order valence-electron chi connectivity index (χ0n) is 8.04. The molecule has 0 atom stereocenters. The summed E-state index contributed by atoms with van der Waals surface area (Å²) in [7, 11) is 1.67. The number of nitrogens with zero attached hydrogens (tertiary/aromatic N) is 1. The Kier molecular flexibility index (Phi) is 3.97. The second-order valence-corrected chi connectivity index (χ2v) is 4.14. The third-order valence-electron chi connectivity index (χ3n) is 1.83. The lowest BCUT2D eigenvalue weighted by Gasteiger charge is -2.22. The highest BCUT2D eigenvalue weighted by atomic mass is 32.1. The van der Waals surface area contributed by atoms with Crippen LogP contribution in [0.15, 0.2) is 16.8 Å². The van der Waals surface area contributed by atoms with E-state index in [0.717, 1.165) is 5.56 Å². The maximum Gasteiger partial charge on any atom is 0.272 e. The molecule has 2 N–H and O–H groups in total. The Hall–Kier alpha value is -0.520. The molecule has 0 aliphatic rings. The van der Waals surface area contributed by atoms with Gasteiger partial charge in [-0.25, -0.2) is 8.78 Å². The smallest absolute Gasteiger partial charge is 0.272 e. The molecule has 0 unspecified atom stereocenters. The van der Waals surface area contributed by atoms with Crippen LogP contribution in [0.5, 0.6) is 0 Å². The first kappa shape index (κ1) is 11.6. The van der Waals surface area contributed by atoms with E-state index in [-0.39, 0.29) is 6.54 Å². The third-order valence-corrected chi connectivity index (χ3v) is 2.56. The maximum absolute atomic E-state index is 12.9. The van der Waals surface area contributed by atoms with Gasteiger partial charge in [-0.3, -0.25) is 4.90 Å². The lowest BCUT2D eigenvalue weighted by molar-refractivity contribution is -0.0191. The van der Waals surface area contributed by atoms with Crippen molar-refractivity contribution in [3.05, 3.63) is 22.4 Å². The number of halogens is 2. The van der Waals surface area contributed by atoms with Crippen molar-refractivity contribution in [3.8, 4) is 0 Å². The van der Waals surface area contributed by atoms with E-state index in [1.807, 2.05) is 16.8 Å².